The van der Waals surface area contributed by atoms with Crippen LogP contribution in [-0.2, 0) is 24.4 Å². The van der Waals surface area contributed by atoms with Crippen molar-refractivity contribution in [2.75, 3.05) is 12.5 Å². The molecule has 0 heterocycles. The molecule has 1 atom stereocenters. The molecule has 1 aromatic rings. The topological polar surface area (TPSA) is 86.7 Å². The first-order valence-electron chi connectivity index (χ1n) is 4.94. The Bertz CT molecular complexity index is 618. The third-order valence-electron chi connectivity index (χ3n) is 1.89. The van der Waals surface area contributed by atoms with Crippen LogP contribution in [0.4, 0.5) is 0 Å². The molecule has 0 aliphatic rings. The van der Waals surface area contributed by atoms with E-state index in [0.717, 1.165) is 12.5 Å². The van der Waals surface area contributed by atoms with Crippen molar-refractivity contribution in [3.8, 4) is 5.75 Å². The number of rotatable bonds is 5. The highest BCUT2D eigenvalue weighted by Crippen LogP contribution is 2.23. The second-order valence-electron chi connectivity index (χ2n) is 3.80. The fourth-order valence-corrected chi connectivity index (χ4v) is 2.40. The Kier molecular flexibility index (Phi) is 4.36. The summed E-state index contributed by atoms with van der Waals surface area (Å²) in [7, 11) is -7.19. The normalized spacial score (nSPS) is 14.2. The quantitative estimate of drug-likeness (QED) is 0.755. The third-order valence-corrected chi connectivity index (χ3v) is 3.03. The van der Waals surface area contributed by atoms with Gasteiger partial charge in [0.2, 0.25) is 0 Å². The minimum atomic E-state index is -3.61. The van der Waals surface area contributed by atoms with E-state index in [1.807, 2.05) is 0 Å². The summed E-state index contributed by atoms with van der Waals surface area (Å²) in [6, 6.07) is 6.04. The molecule has 1 unspecified atom stereocenters. The minimum Gasteiger partial charge on any atom is -0.383 e. The van der Waals surface area contributed by atoms with Gasteiger partial charge in [0, 0.05) is 0 Å². The summed E-state index contributed by atoms with van der Waals surface area (Å²) >= 11 is 0. The third kappa shape index (κ3) is 5.48. The molecule has 0 aromatic heterocycles. The zero-order valence-electron chi connectivity index (χ0n) is 10.2. The molecule has 6 nitrogen and oxygen atoms in total. The smallest absolute Gasteiger partial charge is 0.306 e. The lowest BCUT2D eigenvalue weighted by Gasteiger charge is -2.12. The molecule has 0 aliphatic carbocycles. The van der Waals surface area contributed by atoms with Crippen molar-refractivity contribution in [3.63, 3.8) is 0 Å². The molecule has 0 fully saturated rings. The van der Waals surface area contributed by atoms with Crippen molar-refractivity contribution in [2.45, 2.75) is 13.0 Å². The van der Waals surface area contributed by atoms with Gasteiger partial charge in [-0.25, -0.2) is 0 Å². The predicted octanol–water partition coefficient (Wildman–Crippen LogP) is 1.06. The van der Waals surface area contributed by atoms with Crippen molar-refractivity contribution in [1.29, 1.82) is 0 Å². The highest BCUT2D eigenvalue weighted by atomic mass is 32.2. The molecule has 1 aromatic carbocycles. The van der Waals surface area contributed by atoms with Gasteiger partial charge in [0.25, 0.3) is 10.1 Å². The van der Waals surface area contributed by atoms with E-state index < -0.39 is 26.3 Å². The van der Waals surface area contributed by atoms with E-state index in [4.69, 9.17) is 4.18 Å². The molecule has 0 spiro atoms. The van der Waals surface area contributed by atoms with Crippen LogP contribution in [-0.4, -0.2) is 29.3 Å². The number of hydrogen-bond acceptors (Lipinski definition) is 6. The Hall–Kier alpha value is -1.12. The summed E-state index contributed by atoms with van der Waals surface area (Å²) in [5.74, 6) is 0.110. The van der Waals surface area contributed by atoms with Crippen molar-refractivity contribution in [3.05, 3.63) is 29.8 Å². The highest BCUT2D eigenvalue weighted by molar-refractivity contribution is 7.86. The Labute approximate surface area is 107 Å². The van der Waals surface area contributed by atoms with Gasteiger partial charge in [-0.2, -0.15) is 16.8 Å². The van der Waals surface area contributed by atoms with E-state index in [2.05, 4.69) is 4.18 Å². The SMILES string of the molecule is CC(OS(C)(=O)=O)c1cccc(OS(C)(=O)=O)c1. The number of benzene rings is 1. The van der Waals surface area contributed by atoms with Crippen LogP contribution in [0, 0.1) is 0 Å². The van der Waals surface area contributed by atoms with Crippen molar-refractivity contribution < 1.29 is 25.2 Å². The van der Waals surface area contributed by atoms with Gasteiger partial charge in [-0.15, -0.1) is 0 Å². The molecule has 102 valence electrons. The van der Waals surface area contributed by atoms with Crippen molar-refractivity contribution >= 4 is 20.2 Å². The van der Waals surface area contributed by atoms with Gasteiger partial charge in [0.15, 0.2) is 0 Å². The van der Waals surface area contributed by atoms with Gasteiger partial charge in [0.1, 0.15) is 5.75 Å². The second-order valence-corrected chi connectivity index (χ2v) is 6.98. The maximum Gasteiger partial charge on any atom is 0.306 e. The molecule has 0 bridgehead atoms. The van der Waals surface area contributed by atoms with Gasteiger partial charge in [-0.1, -0.05) is 12.1 Å². The van der Waals surface area contributed by atoms with Gasteiger partial charge in [-0.05, 0) is 24.6 Å². The fraction of sp³-hybridized carbons (Fsp3) is 0.400. The molecular formula is C10H14O6S2. The lowest BCUT2D eigenvalue weighted by atomic mass is 10.1. The van der Waals surface area contributed by atoms with Crippen LogP contribution in [0.15, 0.2) is 24.3 Å². The predicted molar refractivity (Wildman–Crippen MR) is 66.3 cm³/mol. The summed E-state index contributed by atoms with van der Waals surface area (Å²) in [5, 5.41) is 0. The van der Waals surface area contributed by atoms with Gasteiger partial charge in [0.05, 0.1) is 18.6 Å². The minimum absolute atomic E-state index is 0.110. The van der Waals surface area contributed by atoms with Crippen LogP contribution in [0.2, 0.25) is 0 Å². The van der Waals surface area contributed by atoms with Crippen LogP contribution in [0.3, 0.4) is 0 Å². The summed E-state index contributed by atoms with van der Waals surface area (Å²) in [5.41, 5.74) is 0.501. The lowest BCUT2D eigenvalue weighted by molar-refractivity contribution is 0.236. The second kappa shape index (κ2) is 5.25. The Morgan fingerprint density at radius 3 is 2.17 bits per heavy atom. The maximum atomic E-state index is 11.0. The van der Waals surface area contributed by atoms with Gasteiger partial charge < -0.3 is 4.18 Å². The zero-order chi connectivity index (χ0) is 14.0. The standard InChI is InChI=1S/C10H14O6S2/c1-8(15-17(2,11)12)9-5-4-6-10(7-9)16-18(3,13)14/h4-8H,1-3H3. The molecular weight excluding hydrogens is 280 g/mol. The first-order valence-corrected chi connectivity index (χ1v) is 8.58. The largest absolute Gasteiger partial charge is 0.383 e. The van der Waals surface area contributed by atoms with E-state index in [1.54, 1.807) is 19.1 Å². The maximum absolute atomic E-state index is 11.0. The first-order chi connectivity index (χ1) is 8.07. The van der Waals surface area contributed by atoms with Crippen molar-refractivity contribution in [2.24, 2.45) is 0 Å². The average molecular weight is 294 g/mol. The van der Waals surface area contributed by atoms with Crippen molar-refractivity contribution in [1.82, 2.24) is 0 Å². The van der Waals surface area contributed by atoms with Crippen LogP contribution < -0.4 is 4.18 Å². The van der Waals surface area contributed by atoms with E-state index in [-0.39, 0.29) is 5.75 Å². The van der Waals surface area contributed by atoms with E-state index in [1.165, 1.54) is 12.1 Å². The monoisotopic (exact) mass is 294 g/mol. The molecule has 0 amide bonds. The molecule has 1 rings (SSSR count). The molecule has 0 N–H and O–H groups in total. The molecule has 0 aliphatic heterocycles. The van der Waals surface area contributed by atoms with Crippen LogP contribution in [0.5, 0.6) is 5.75 Å². The molecule has 0 saturated heterocycles. The molecule has 0 radical (unpaired) electrons. The van der Waals surface area contributed by atoms with Gasteiger partial charge >= 0.3 is 10.1 Å². The highest BCUT2D eigenvalue weighted by Gasteiger charge is 2.14. The lowest BCUT2D eigenvalue weighted by Crippen LogP contribution is -2.09. The van der Waals surface area contributed by atoms with Crippen LogP contribution in [0.25, 0.3) is 0 Å². The summed E-state index contributed by atoms with van der Waals surface area (Å²) < 4.78 is 53.3. The summed E-state index contributed by atoms with van der Waals surface area (Å²) in [6.07, 6.45) is 1.15. The molecule has 8 heteroatoms. The fourth-order valence-electron chi connectivity index (χ4n) is 1.31. The molecule has 0 saturated carbocycles. The zero-order valence-corrected chi connectivity index (χ0v) is 11.8. The van der Waals surface area contributed by atoms with E-state index >= 15 is 0 Å². The Morgan fingerprint density at radius 2 is 1.67 bits per heavy atom. The molecule has 18 heavy (non-hydrogen) atoms. The summed E-state index contributed by atoms with van der Waals surface area (Å²) in [6.45, 7) is 1.54. The Balaban J connectivity index is 2.95. The number of hydrogen-bond donors (Lipinski definition) is 0. The summed E-state index contributed by atoms with van der Waals surface area (Å²) in [4.78, 5) is 0. The van der Waals surface area contributed by atoms with E-state index in [9.17, 15) is 16.8 Å². The average Bonchev–Trinajstić information content (AvgIpc) is 2.12. The first kappa shape index (κ1) is 14.9. The van der Waals surface area contributed by atoms with Crippen LogP contribution >= 0.6 is 0 Å². The van der Waals surface area contributed by atoms with Crippen LogP contribution in [0.1, 0.15) is 18.6 Å². The van der Waals surface area contributed by atoms with Gasteiger partial charge in [-0.3, -0.25) is 4.18 Å². The van der Waals surface area contributed by atoms with E-state index in [0.29, 0.717) is 5.56 Å². The Morgan fingerprint density at radius 1 is 1.06 bits per heavy atom.